The molecule has 22 heavy (non-hydrogen) atoms. The third kappa shape index (κ3) is 3.70. The van der Waals surface area contributed by atoms with Gasteiger partial charge >= 0.3 is 5.69 Å². The largest absolute Gasteiger partial charge is 0.347 e. The topological polar surface area (TPSA) is 58.4 Å². The van der Waals surface area contributed by atoms with E-state index < -0.39 is 0 Å². The van der Waals surface area contributed by atoms with Gasteiger partial charge in [-0.15, -0.1) is 0 Å². The zero-order valence-corrected chi connectivity index (χ0v) is 13.5. The molecule has 6 nitrogen and oxygen atoms in total. The molecule has 0 unspecified atom stereocenters. The lowest BCUT2D eigenvalue weighted by molar-refractivity contribution is -0.134. The molecule has 2 aliphatic heterocycles. The summed E-state index contributed by atoms with van der Waals surface area (Å²) in [4.78, 5) is 32.0. The van der Waals surface area contributed by atoms with E-state index in [4.69, 9.17) is 0 Å². The van der Waals surface area contributed by atoms with Crippen LogP contribution >= 0.6 is 11.8 Å². The van der Waals surface area contributed by atoms with Gasteiger partial charge in [0, 0.05) is 44.6 Å². The quantitative estimate of drug-likeness (QED) is 0.800. The van der Waals surface area contributed by atoms with Crippen LogP contribution < -0.4 is 5.69 Å². The lowest BCUT2D eigenvalue weighted by atomic mass is 10.1. The Hall–Kier alpha value is -1.34. The van der Waals surface area contributed by atoms with Crippen LogP contribution in [0.4, 0.5) is 0 Å². The van der Waals surface area contributed by atoms with E-state index in [9.17, 15) is 9.59 Å². The Morgan fingerprint density at radius 3 is 2.64 bits per heavy atom. The molecule has 0 radical (unpaired) electrons. The fraction of sp³-hybridized carbons (Fsp3) is 0.667. The zero-order chi connectivity index (χ0) is 15.4. The third-order valence-electron chi connectivity index (χ3n) is 4.46. The summed E-state index contributed by atoms with van der Waals surface area (Å²) in [6.07, 6.45) is 5.60. The van der Waals surface area contributed by atoms with Crippen molar-refractivity contribution in [2.75, 3.05) is 37.7 Å². The maximum atomic E-state index is 12.3. The van der Waals surface area contributed by atoms with Crippen molar-refractivity contribution in [3.8, 4) is 0 Å². The standard InChI is InChI=1S/C15H22N4O2S/c20-14(12-19-5-1-4-16-15(19)21)18-8-6-17(7-9-18)13-2-10-22-11-3-13/h1,4-5,13H,2-3,6-12H2. The Balaban J connectivity index is 1.51. The van der Waals surface area contributed by atoms with E-state index in [1.165, 1.54) is 35.1 Å². The van der Waals surface area contributed by atoms with Crippen molar-refractivity contribution in [2.45, 2.75) is 25.4 Å². The third-order valence-corrected chi connectivity index (χ3v) is 5.51. The number of carbonyl (C=O) groups excluding carboxylic acids is 1. The molecule has 2 fully saturated rings. The molecule has 0 atom stereocenters. The molecular formula is C15H22N4O2S. The van der Waals surface area contributed by atoms with Crippen LogP contribution in [0.15, 0.2) is 23.3 Å². The molecule has 2 aliphatic rings. The first-order valence-electron chi connectivity index (χ1n) is 7.85. The van der Waals surface area contributed by atoms with Crippen molar-refractivity contribution in [1.29, 1.82) is 0 Å². The molecule has 0 aromatic carbocycles. The zero-order valence-electron chi connectivity index (χ0n) is 12.7. The second kappa shape index (κ2) is 7.28. The lowest BCUT2D eigenvalue weighted by Gasteiger charge is -2.40. The Labute approximate surface area is 134 Å². The summed E-state index contributed by atoms with van der Waals surface area (Å²) in [5, 5.41) is 0. The Kier molecular flexibility index (Phi) is 5.15. The van der Waals surface area contributed by atoms with Gasteiger partial charge in [0.15, 0.2) is 0 Å². The van der Waals surface area contributed by atoms with Crippen LogP contribution in [0.3, 0.4) is 0 Å². The number of nitrogens with zero attached hydrogens (tertiary/aromatic N) is 4. The second-order valence-corrected chi connectivity index (χ2v) is 7.02. The average molecular weight is 322 g/mol. The van der Waals surface area contributed by atoms with Crippen molar-refractivity contribution in [1.82, 2.24) is 19.4 Å². The number of amides is 1. The molecule has 1 aromatic heterocycles. The summed E-state index contributed by atoms with van der Waals surface area (Å²) < 4.78 is 1.37. The molecule has 1 amide bonds. The Morgan fingerprint density at radius 1 is 1.23 bits per heavy atom. The van der Waals surface area contributed by atoms with E-state index in [1.807, 2.05) is 16.7 Å². The number of rotatable bonds is 3. The van der Waals surface area contributed by atoms with E-state index >= 15 is 0 Å². The summed E-state index contributed by atoms with van der Waals surface area (Å²) in [7, 11) is 0. The number of aromatic nitrogens is 2. The van der Waals surface area contributed by atoms with Gasteiger partial charge in [-0.1, -0.05) is 0 Å². The van der Waals surface area contributed by atoms with Crippen LogP contribution in [-0.4, -0.2) is 69.0 Å². The molecule has 1 aromatic rings. The maximum Gasteiger partial charge on any atom is 0.347 e. The number of hydrogen-bond acceptors (Lipinski definition) is 5. The summed E-state index contributed by atoms with van der Waals surface area (Å²) in [5.41, 5.74) is -0.366. The Bertz CT molecular complexity index is 563. The SMILES string of the molecule is O=C(Cn1cccnc1=O)N1CCN(C2CCSCC2)CC1. The molecular weight excluding hydrogens is 300 g/mol. The average Bonchev–Trinajstić information content (AvgIpc) is 2.58. The molecule has 7 heteroatoms. The maximum absolute atomic E-state index is 12.3. The highest BCUT2D eigenvalue weighted by molar-refractivity contribution is 7.99. The molecule has 2 saturated heterocycles. The van der Waals surface area contributed by atoms with Gasteiger partial charge in [-0.3, -0.25) is 14.3 Å². The van der Waals surface area contributed by atoms with Crippen molar-refractivity contribution < 1.29 is 4.79 Å². The fourth-order valence-corrected chi connectivity index (χ4v) is 4.22. The normalized spacial score (nSPS) is 21.0. The lowest BCUT2D eigenvalue weighted by Crippen LogP contribution is -2.53. The van der Waals surface area contributed by atoms with Gasteiger partial charge in [0.05, 0.1) is 0 Å². The number of piperazine rings is 1. The van der Waals surface area contributed by atoms with Gasteiger partial charge in [-0.05, 0) is 30.4 Å². The van der Waals surface area contributed by atoms with Crippen molar-refractivity contribution >= 4 is 17.7 Å². The van der Waals surface area contributed by atoms with Gasteiger partial charge in [-0.2, -0.15) is 11.8 Å². The second-order valence-electron chi connectivity index (χ2n) is 5.79. The fourth-order valence-electron chi connectivity index (χ4n) is 3.14. The smallest absolute Gasteiger partial charge is 0.339 e. The first kappa shape index (κ1) is 15.6. The van der Waals surface area contributed by atoms with Crippen LogP contribution in [0.25, 0.3) is 0 Å². The molecule has 3 rings (SSSR count). The van der Waals surface area contributed by atoms with Crippen LogP contribution in [-0.2, 0) is 11.3 Å². The van der Waals surface area contributed by atoms with Crippen LogP contribution in [0.5, 0.6) is 0 Å². The van der Waals surface area contributed by atoms with E-state index in [2.05, 4.69) is 9.88 Å². The summed E-state index contributed by atoms with van der Waals surface area (Å²) >= 11 is 2.04. The van der Waals surface area contributed by atoms with Crippen LogP contribution in [0.2, 0.25) is 0 Å². The molecule has 3 heterocycles. The highest BCUT2D eigenvalue weighted by atomic mass is 32.2. The molecule has 0 aliphatic carbocycles. The van der Waals surface area contributed by atoms with Crippen molar-refractivity contribution in [3.63, 3.8) is 0 Å². The van der Waals surface area contributed by atoms with Crippen molar-refractivity contribution in [2.24, 2.45) is 0 Å². The monoisotopic (exact) mass is 322 g/mol. The van der Waals surface area contributed by atoms with Gasteiger partial charge in [-0.25, -0.2) is 9.78 Å². The van der Waals surface area contributed by atoms with Gasteiger partial charge in [0.2, 0.25) is 5.91 Å². The number of thioether (sulfide) groups is 1. The number of carbonyl (C=O) groups is 1. The van der Waals surface area contributed by atoms with Gasteiger partial charge < -0.3 is 4.90 Å². The molecule has 120 valence electrons. The highest BCUT2D eigenvalue weighted by Crippen LogP contribution is 2.22. The molecule has 0 spiro atoms. The number of hydrogen-bond donors (Lipinski definition) is 0. The minimum atomic E-state index is -0.366. The van der Waals surface area contributed by atoms with Gasteiger partial charge in [0.25, 0.3) is 0 Å². The minimum Gasteiger partial charge on any atom is -0.339 e. The van der Waals surface area contributed by atoms with Crippen LogP contribution in [0, 0.1) is 0 Å². The summed E-state index contributed by atoms with van der Waals surface area (Å²) in [6, 6.07) is 2.37. The highest BCUT2D eigenvalue weighted by Gasteiger charge is 2.27. The van der Waals surface area contributed by atoms with E-state index in [0.29, 0.717) is 6.04 Å². The summed E-state index contributed by atoms with van der Waals surface area (Å²) in [6.45, 7) is 3.51. The van der Waals surface area contributed by atoms with Gasteiger partial charge in [0.1, 0.15) is 6.54 Å². The van der Waals surface area contributed by atoms with Crippen molar-refractivity contribution in [3.05, 3.63) is 28.9 Å². The minimum absolute atomic E-state index is 0.00829. The predicted octanol–water partition coefficient (Wildman–Crippen LogP) is 0.283. The summed E-state index contributed by atoms with van der Waals surface area (Å²) in [5.74, 6) is 2.52. The van der Waals surface area contributed by atoms with E-state index in [1.54, 1.807) is 12.3 Å². The molecule has 0 N–H and O–H groups in total. The molecule has 0 bridgehead atoms. The first-order chi connectivity index (χ1) is 10.7. The predicted molar refractivity (Wildman–Crippen MR) is 87.0 cm³/mol. The first-order valence-corrected chi connectivity index (χ1v) is 9.00. The van der Waals surface area contributed by atoms with E-state index in [-0.39, 0.29) is 18.1 Å². The van der Waals surface area contributed by atoms with E-state index in [0.717, 1.165) is 26.2 Å². The molecule has 0 saturated carbocycles. The Morgan fingerprint density at radius 2 is 1.95 bits per heavy atom. The van der Waals surface area contributed by atoms with Crippen LogP contribution in [0.1, 0.15) is 12.8 Å².